The summed E-state index contributed by atoms with van der Waals surface area (Å²) in [5.74, 6) is -0.523. The smallest absolute Gasteiger partial charge is 0.338 e. The Morgan fingerprint density at radius 1 is 0.688 bits per heavy atom. The molecule has 246 valence electrons. The molecule has 0 aliphatic heterocycles. The van der Waals surface area contributed by atoms with E-state index < -0.39 is 6.10 Å². The number of imidazole rings is 3. The highest BCUT2D eigenvalue weighted by atomic mass is 32.1. The lowest BCUT2D eigenvalue weighted by molar-refractivity contribution is 0.172. The van der Waals surface area contributed by atoms with Crippen LogP contribution in [0.15, 0.2) is 105 Å². The third-order valence-electron chi connectivity index (χ3n) is 6.74. The summed E-state index contributed by atoms with van der Waals surface area (Å²) in [5.41, 5.74) is 1.70. The van der Waals surface area contributed by atoms with Gasteiger partial charge in [-0.05, 0) is 61.4 Å². The highest BCUT2D eigenvalue weighted by molar-refractivity contribution is 7.15. The van der Waals surface area contributed by atoms with Gasteiger partial charge in [-0.3, -0.25) is 9.13 Å². The maximum Gasteiger partial charge on any atom is 0.338 e. The number of nitrogens with zero attached hydrogens (tertiary/aromatic N) is 10. The predicted molar refractivity (Wildman–Crippen MR) is 177 cm³/mol. The van der Waals surface area contributed by atoms with Gasteiger partial charge in [-0.1, -0.05) is 36.5 Å². The summed E-state index contributed by atoms with van der Waals surface area (Å²) in [7, 11) is 0. The maximum atomic E-state index is 12.9. The first-order valence-corrected chi connectivity index (χ1v) is 16.3. The summed E-state index contributed by atoms with van der Waals surface area (Å²) in [6.45, 7) is 3.98. The van der Waals surface area contributed by atoms with Gasteiger partial charge in [0.05, 0.1) is 12.4 Å². The van der Waals surface area contributed by atoms with Gasteiger partial charge in [0.25, 0.3) is 0 Å². The average Bonchev–Trinajstić information content (AvgIpc) is 3.96. The number of hydrogen-bond acceptors (Lipinski definition) is 11. The van der Waals surface area contributed by atoms with Crippen molar-refractivity contribution >= 4 is 28.7 Å². The molecule has 0 aliphatic rings. The fourth-order valence-electron chi connectivity index (χ4n) is 4.18. The second-order valence-corrected chi connectivity index (χ2v) is 12.0. The summed E-state index contributed by atoms with van der Waals surface area (Å²) in [6, 6.07) is 12.3. The van der Waals surface area contributed by atoms with Gasteiger partial charge in [0.1, 0.15) is 50.4 Å². The number of aromatic nitrogens is 10. The minimum atomic E-state index is -0.563. The number of carbonyl (C=O) groups excluding carboxylic acids is 1. The van der Waals surface area contributed by atoms with Crippen molar-refractivity contribution in [3.05, 3.63) is 126 Å². The predicted octanol–water partition coefficient (Wildman–Crippen LogP) is 6.92. The van der Waals surface area contributed by atoms with Crippen LogP contribution < -0.4 is 0 Å². The van der Waals surface area contributed by atoms with E-state index in [1.54, 1.807) is 61.6 Å². The van der Waals surface area contributed by atoms with Crippen LogP contribution in [0.5, 0.6) is 0 Å². The van der Waals surface area contributed by atoms with Crippen molar-refractivity contribution in [3.8, 4) is 21.1 Å². The molecular weight excluding hydrogens is 659 g/mol. The van der Waals surface area contributed by atoms with Crippen molar-refractivity contribution in [2.24, 2.45) is 0 Å². The molecule has 2 aromatic carbocycles. The third-order valence-corrected chi connectivity index (χ3v) is 8.89. The van der Waals surface area contributed by atoms with Crippen LogP contribution in [-0.2, 0) is 0 Å². The first kappa shape index (κ1) is 34.0. The van der Waals surface area contributed by atoms with Crippen LogP contribution in [-0.4, -0.2) is 60.2 Å². The molecule has 7 aromatic rings. The number of benzene rings is 2. The Hall–Kier alpha value is -5.32. The Morgan fingerprint density at radius 3 is 1.60 bits per heavy atom. The molecule has 0 saturated carbocycles. The van der Waals surface area contributed by atoms with E-state index in [-0.39, 0.29) is 23.7 Å². The molecule has 16 heteroatoms. The average molecular weight is 689 g/mol. The lowest BCUT2D eigenvalue weighted by Crippen LogP contribution is -2.15. The van der Waals surface area contributed by atoms with Crippen molar-refractivity contribution in [1.29, 1.82) is 0 Å². The molecule has 0 amide bonds. The first-order valence-electron chi connectivity index (χ1n) is 14.7. The van der Waals surface area contributed by atoms with E-state index in [0.717, 1.165) is 27.6 Å². The first-order chi connectivity index (χ1) is 23.4. The standard InChI is InChI=1S/C14H13FN4S.C11H11FN2OS.C7H6N4O/c1-2-12(19-8-7-16-9-19)14-18-17-13(20-14)10-3-5-11(15)6-4-10;1-2-9(15)11-14-13-10(16-11)7-3-5-8(12)6-4-7;12-7(10-3-1-8-5-10)11-4-2-9-6-11/h3-9,12H,2H2,1H3;3-6,9,15H,2H2,1H3;1-6H. The van der Waals surface area contributed by atoms with Crippen molar-refractivity contribution < 1.29 is 18.7 Å². The topological polar surface area (TPSA) is 142 Å². The fourth-order valence-corrected chi connectivity index (χ4v) is 6.13. The molecule has 1 N–H and O–H groups in total. The van der Waals surface area contributed by atoms with E-state index in [0.29, 0.717) is 16.4 Å². The molecule has 7 rings (SSSR count). The fraction of sp³-hybridized carbons (Fsp3) is 0.188. The van der Waals surface area contributed by atoms with Crippen LogP contribution in [0.2, 0.25) is 0 Å². The van der Waals surface area contributed by atoms with Crippen molar-refractivity contribution in [2.75, 3.05) is 0 Å². The van der Waals surface area contributed by atoms with Gasteiger partial charge in [0.2, 0.25) is 0 Å². The van der Waals surface area contributed by atoms with E-state index in [2.05, 4.69) is 42.3 Å². The van der Waals surface area contributed by atoms with E-state index in [1.807, 2.05) is 17.7 Å². The van der Waals surface area contributed by atoms with Crippen LogP contribution in [0.25, 0.3) is 21.1 Å². The number of halogens is 2. The van der Waals surface area contributed by atoms with Crippen LogP contribution in [0.4, 0.5) is 13.6 Å². The lowest BCUT2D eigenvalue weighted by atomic mass is 10.2. The van der Waals surface area contributed by atoms with Crippen LogP contribution in [0, 0.1) is 11.6 Å². The zero-order valence-corrected chi connectivity index (χ0v) is 27.4. The molecule has 2 atom stereocenters. The molecule has 0 radical (unpaired) electrons. The molecule has 48 heavy (non-hydrogen) atoms. The minimum Gasteiger partial charge on any atom is -0.386 e. The summed E-state index contributed by atoms with van der Waals surface area (Å²) >= 11 is 2.86. The number of carbonyl (C=O) groups is 1. The second-order valence-electron chi connectivity index (χ2n) is 9.99. The summed E-state index contributed by atoms with van der Waals surface area (Å²) < 4.78 is 30.4. The van der Waals surface area contributed by atoms with Crippen molar-refractivity contribution in [2.45, 2.75) is 38.8 Å². The van der Waals surface area contributed by atoms with Gasteiger partial charge in [0.15, 0.2) is 0 Å². The number of aliphatic hydroxyl groups excluding tert-OH is 1. The number of hydrogen-bond donors (Lipinski definition) is 1. The molecular formula is C32H30F2N10O2S2. The molecule has 5 heterocycles. The van der Waals surface area contributed by atoms with E-state index >= 15 is 0 Å². The Bertz CT molecular complexity index is 1920. The van der Waals surface area contributed by atoms with Crippen molar-refractivity contribution in [1.82, 2.24) is 49.0 Å². The van der Waals surface area contributed by atoms with E-state index in [9.17, 15) is 18.7 Å². The maximum absolute atomic E-state index is 12.9. The summed E-state index contributed by atoms with van der Waals surface area (Å²) in [6.07, 6.45) is 15.6. The van der Waals surface area contributed by atoms with Crippen LogP contribution in [0.1, 0.15) is 48.9 Å². The molecule has 0 fully saturated rings. The SMILES string of the molecule is CCC(O)c1nnc(-c2ccc(F)cc2)s1.CCC(c1nnc(-c2ccc(F)cc2)s1)n1ccnc1.O=C(n1ccnc1)n1ccnc1. The minimum absolute atomic E-state index is 0.143. The molecule has 12 nitrogen and oxygen atoms in total. The van der Waals surface area contributed by atoms with Gasteiger partial charge in [-0.2, -0.15) is 0 Å². The van der Waals surface area contributed by atoms with Crippen LogP contribution >= 0.6 is 22.7 Å². The number of rotatable bonds is 7. The Morgan fingerprint density at radius 2 is 1.17 bits per heavy atom. The molecule has 0 aliphatic carbocycles. The molecule has 0 saturated heterocycles. The zero-order valence-electron chi connectivity index (χ0n) is 25.8. The van der Waals surface area contributed by atoms with Gasteiger partial charge in [-0.15, -0.1) is 20.4 Å². The highest BCUT2D eigenvalue weighted by Gasteiger charge is 2.17. The normalized spacial score (nSPS) is 11.9. The zero-order chi connectivity index (χ0) is 33.9. The molecule has 5 aromatic heterocycles. The van der Waals surface area contributed by atoms with E-state index in [1.165, 1.54) is 68.7 Å². The third kappa shape index (κ3) is 8.72. The summed E-state index contributed by atoms with van der Waals surface area (Å²) in [5, 5.41) is 29.0. The van der Waals surface area contributed by atoms with Crippen molar-refractivity contribution in [3.63, 3.8) is 0 Å². The van der Waals surface area contributed by atoms with E-state index in [4.69, 9.17) is 0 Å². The monoisotopic (exact) mass is 688 g/mol. The van der Waals surface area contributed by atoms with Gasteiger partial charge >= 0.3 is 6.03 Å². The lowest BCUT2D eigenvalue weighted by Gasteiger charge is -2.12. The van der Waals surface area contributed by atoms with Gasteiger partial charge < -0.3 is 9.67 Å². The quantitative estimate of drug-likeness (QED) is 0.189. The Balaban J connectivity index is 0.000000145. The largest absolute Gasteiger partial charge is 0.386 e. The highest BCUT2D eigenvalue weighted by Crippen LogP contribution is 2.30. The molecule has 0 bridgehead atoms. The second kappa shape index (κ2) is 16.5. The van der Waals surface area contributed by atoms with Crippen LogP contribution in [0.3, 0.4) is 0 Å². The van der Waals surface area contributed by atoms with Gasteiger partial charge in [-0.25, -0.2) is 28.5 Å². The molecule has 2 unspecified atom stereocenters. The Kier molecular flexibility index (Phi) is 11.7. The molecule has 0 spiro atoms. The van der Waals surface area contributed by atoms with Gasteiger partial charge in [0, 0.05) is 48.3 Å². The Labute approximate surface area is 282 Å². The number of aliphatic hydroxyl groups is 1. The summed E-state index contributed by atoms with van der Waals surface area (Å²) in [4.78, 5) is 23.0.